The van der Waals surface area contributed by atoms with Crippen LogP contribution in [0.3, 0.4) is 0 Å². The molecule has 1 aliphatic carbocycles. The fraction of sp³-hybridized carbons (Fsp3) is 0.571. The van der Waals surface area contributed by atoms with Crippen molar-refractivity contribution in [3.8, 4) is 5.75 Å². The average molecular weight is 300 g/mol. The number of halogens is 2. The Bertz CT molecular complexity index is 491. The molecule has 1 aliphatic rings. The van der Waals surface area contributed by atoms with E-state index in [0.29, 0.717) is 0 Å². The summed E-state index contributed by atoms with van der Waals surface area (Å²) in [4.78, 5) is 16.1. The van der Waals surface area contributed by atoms with Crippen LogP contribution in [0.4, 0.5) is 8.78 Å². The van der Waals surface area contributed by atoms with Gasteiger partial charge in [-0.15, -0.1) is 0 Å². The molecule has 1 saturated carbocycles. The number of pyridine rings is 1. The van der Waals surface area contributed by atoms with Gasteiger partial charge in [-0.3, -0.25) is 9.78 Å². The molecule has 2 rings (SSSR count). The number of aromatic nitrogens is 1. The highest BCUT2D eigenvalue weighted by molar-refractivity contribution is 5.93. The molecule has 0 aliphatic heterocycles. The Hall–Kier alpha value is -1.76. The minimum atomic E-state index is -2.58. The molecule has 116 valence electrons. The first kappa shape index (κ1) is 15.6. The summed E-state index contributed by atoms with van der Waals surface area (Å²) in [5.41, 5.74) is -0.514. The number of nitrogens with one attached hydrogen (secondary N) is 1. The van der Waals surface area contributed by atoms with Crippen molar-refractivity contribution in [3.05, 3.63) is 24.0 Å². The molecule has 1 aromatic rings. The van der Waals surface area contributed by atoms with Gasteiger partial charge in [-0.25, -0.2) is 8.78 Å². The summed E-state index contributed by atoms with van der Waals surface area (Å²) in [5, 5.41) is 12.3. The minimum Gasteiger partial charge on any atom is -0.488 e. The number of ether oxygens (including phenoxy) is 1. The van der Waals surface area contributed by atoms with Gasteiger partial charge in [-0.2, -0.15) is 0 Å². The van der Waals surface area contributed by atoms with E-state index >= 15 is 0 Å². The molecule has 0 radical (unpaired) electrons. The molecular weight excluding hydrogens is 282 g/mol. The monoisotopic (exact) mass is 300 g/mol. The lowest BCUT2D eigenvalue weighted by molar-refractivity contribution is 0.0810. The van der Waals surface area contributed by atoms with Crippen LogP contribution in [0.5, 0.6) is 5.75 Å². The number of carbonyl (C=O) groups excluding carboxylic acids is 1. The third kappa shape index (κ3) is 4.10. The fourth-order valence-corrected chi connectivity index (χ4v) is 2.46. The van der Waals surface area contributed by atoms with Crippen LogP contribution in [0.15, 0.2) is 18.3 Å². The molecule has 0 spiro atoms. The second kappa shape index (κ2) is 6.80. The molecule has 0 unspecified atom stereocenters. The quantitative estimate of drug-likeness (QED) is 0.840. The summed E-state index contributed by atoms with van der Waals surface area (Å²) in [6.07, 6.45) is 2.09. The van der Waals surface area contributed by atoms with E-state index in [-0.39, 0.29) is 18.1 Å². The smallest absolute Gasteiger partial charge is 0.272 e. The summed E-state index contributed by atoms with van der Waals surface area (Å²) in [7, 11) is 0. The van der Waals surface area contributed by atoms with Crippen LogP contribution in [0.2, 0.25) is 0 Å². The summed E-state index contributed by atoms with van der Waals surface area (Å²) in [6, 6.07) is 2.73. The van der Waals surface area contributed by atoms with Crippen molar-refractivity contribution in [2.24, 2.45) is 0 Å². The highest BCUT2D eigenvalue weighted by atomic mass is 19.3. The maximum atomic E-state index is 12.2. The van der Waals surface area contributed by atoms with Gasteiger partial charge in [0.25, 0.3) is 12.3 Å². The summed E-state index contributed by atoms with van der Waals surface area (Å²) in [6.45, 7) is -0.855. The molecule has 1 heterocycles. The lowest BCUT2D eigenvalue weighted by Gasteiger charge is -2.27. The van der Waals surface area contributed by atoms with Gasteiger partial charge in [0.2, 0.25) is 0 Å². The number of hydrogen-bond donors (Lipinski definition) is 2. The maximum Gasteiger partial charge on any atom is 0.272 e. The van der Waals surface area contributed by atoms with Crippen molar-refractivity contribution < 1.29 is 23.4 Å². The Balaban J connectivity index is 2.03. The van der Waals surface area contributed by atoms with Gasteiger partial charge in [-0.1, -0.05) is 12.8 Å². The van der Waals surface area contributed by atoms with E-state index in [4.69, 9.17) is 4.74 Å². The molecule has 0 saturated heterocycles. The summed E-state index contributed by atoms with van der Waals surface area (Å²) < 4.78 is 29.1. The molecule has 7 heteroatoms. The Labute approximate surface area is 121 Å². The molecule has 1 fully saturated rings. The Kier molecular flexibility index (Phi) is 5.06. The summed E-state index contributed by atoms with van der Waals surface area (Å²) >= 11 is 0. The first-order valence-electron chi connectivity index (χ1n) is 6.85. The average Bonchev–Trinajstić information content (AvgIpc) is 2.94. The van der Waals surface area contributed by atoms with Crippen molar-refractivity contribution in [3.63, 3.8) is 0 Å². The highest BCUT2D eigenvalue weighted by Gasteiger charge is 2.35. The van der Waals surface area contributed by atoms with Gasteiger partial charge in [0, 0.05) is 12.3 Å². The number of hydrogen-bond acceptors (Lipinski definition) is 4. The number of amides is 1. The van der Waals surface area contributed by atoms with Crippen molar-refractivity contribution in [1.82, 2.24) is 10.3 Å². The van der Waals surface area contributed by atoms with E-state index in [1.54, 1.807) is 0 Å². The van der Waals surface area contributed by atoms with Gasteiger partial charge in [0.05, 0.1) is 12.1 Å². The Morgan fingerprint density at radius 3 is 2.81 bits per heavy atom. The SMILES string of the molecule is O=C(NC1(CO)CCCC1)c1cc(OCC(F)F)ccn1. The maximum absolute atomic E-state index is 12.2. The lowest BCUT2D eigenvalue weighted by atomic mass is 9.98. The Morgan fingerprint density at radius 2 is 2.19 bits per heavy atom. The largest absolute Gasteiger partial charge is 0.488 e. The van der Waals surface area contributed by atoms with Gasteiger partial charge >= 0.3 is 0 Å². The van der Waals surface area contributed by atoms with Crippen molar-refractivity contribution in [1.29, 1.82) is 0 Å². The first-order chi connectivity index (χ1) is 10.0. The van der Waals surface area contributed by atoms with E-state index in [1.807, 2.05) is 0 Å². The van der Waals surface area contributed by atoms with Crippen LogP contribution < -0.4 is 10.1 Å². The number of nitrogens with zero attached hydrogens (tertiary/aromatic N) is 1. The molecule has 1 aromatic heterocycles. The van der Waals surface area contributed by atoms with Crippen molar-refractivity contribution >= 4 is 5.91 Å². The zero-order valence-electron chi connectivity index (χ0n) is 11.5. The van der Waals surface area contributed by atoms with Gasteiger partial charge in [0.15, 0.2) is 0 Å². The van der Waals surface area contributed by atoms with E-state index in [1.165, 1.54) is 18.3 Å². The third-order valence-corrected chi connectivity index (χ3v) is 3.58. The normalized spacial score (nSPS) is 17.0. The molecule has 0 bridgehead atoms. The second-order valence-electron chi connectivity index (χ2n) is 5.18. The van der Waals surface area contributed by atoms with Crippen LogP contribution in [0.1, 0.15) is 36.2 Å². The highest BCUT2D eigenvalue weighted by Crippen LogP contribution is 2.29. The molecule has 5 nitrogen and oxygen atoms in total. The fourth-order valence-electron chi connectivity index (χ4n) is 2.46. The first-order valence-corrected chi connectivity index (χ1v) is 6.85. The van der Waals surface area contributed by atoms with Crippen LogP contribution in [-0.4, -0.2) is 41.2 Å². The van der Waals surface area contributed by atoms with Gasteiger partial charge in [-0.05, 0) is 18.9 Å². The van der Waals surface area contributed by atoms with Crippen molar-refractivity contribution in [2.75, 3.05) is 13.2 Å². The molecule has 21 heavy (non-hydrogen) atoms. The number of aliphatic hydroxyl groups is 1. The van der Waals surface area contributed by atoms with Crippen LogP contribution >= 0.6 is 0 Å². The van der Waals surface area contributed by atoms with Crippen molar-refractivity contribution in [2.45, 2.75) is 37.6 Å². The van der Waals surface area contributed by atoms with E-state index in [9.17, 15) is 18.7 Å². The minimum absolute atomic E-state index is 0.0847. The van der Waals surface area contributed by atoms with Gasteiger partial charge < -0.3 is 15.2 Å². The lowest BCUT2D eigenvalue weighted by Crippen LogP contribution is -2.49. The van der Waals surface area contributed by atoms with Crippen LogP contribution in [0, 0.1) is 0 Å². The van der Waals surface area contributed by atoms with Gasteiger partial charge in [0.1, 0.15) is 18.1 Å². The molecule has 0 atom stereocenters. The zero-order chi connectivity index (χ0) is 15.3. The standard InChI is InChI=1S/C14H18F2N2O3/c15-12(16)8-21-10-3-6-17-11(7-10)13(20)18-14(9-19)4-1-2-5-14/h3,6-7,12,19H,1-2,4-5,8-9H2,(H,18,20). The topological polar surface area (TPSA) is 71.5 Å². The summed E-state index contributed by atoms with van der Waals surface area (Å²) in [5.74, 6) is -0.270. The molecule has 1 amide bonds. The third-order valence-electron chi connectivity index (χ3n) is 3.58. The second-order valence-corrected chi connectivity index (χ2v) is 5.18. The van der Waals surface area contributed by atoms with Crippen LogP contribution in [-0.2, 0) is 0 Å². The molecule has 0 aromatic carbocycles. The number of rotatable bonds is 6. The number of alkyl halides is 2. The van der Waals surface area contributed by atoms with E-state index in [2.05, 4.69) is 10.3 Å². The predicted octanol–water partition coefficient (Wildman–Crippen LogP) is 1.76. The molecular formula is C14H18F2N2O3. The van der Waals surface area contributed by atoms with E-state index < -0.39 is 24.5 Å². The molecule has 2 N–H and O–H groups in total. The number of aliphatic hydroxyl groups excluding tert-OH is 1. The zero-order valence-corrected chi connectivity index (χ0v) is 11.5. The van der Waals surface area contributed by atoms with Crippen LogP contribution in [0.25, 0.3) is 0 Å². The van der Waals surface area contributed by atoms with E-state index in [0.717, 1.165) is 25.7 Å². The predicted molar refractivity (Wildman–Crippen MR) is 71.5 cm³/mol. The number of carbonyl (C=O) groups is 1. The Morgan fingerprint density at radius 1 is 1.48 bits per heavy atom.